The van der Waals surface area contributed by atoms with E-state index in [9.17, 15) is 13.2 Å². The normalized spacial score (nSPS) is 20.1. The standard InChI is InChI=1S/C19H24N4O3S/c1-13-11-18(22(2)20-13)23-10-4-7-17(19(23)24)21-27(25,26)16-9-8-14-5-3-6-15(14)12-16/h8-9,11-12,17,21H,3-7,10H2,1-2H3. The van der Waals surface area contributed by atoms with Crippen molar-refractivity contribution in [3.05, 3.63) is 41.1 Å². The minimum atomic E-state index is -3.74. The molecule has 144 valence electrons. The van der Waals surface area contributed by atoms with E-state index in [1.807, 2.05) is 19.1 Å². The zero-order valence-corrected chi connectivity index (χ0v) is 16.4. The Labute approximate surface area is 159 Å². The fourth-order valence-corrected chi connectivity index (χ4v) is 5.31. The van der Waals surface area contributed by atoms with Gasteiger partial charge in [-0.15, -0.1) is 0 Å². The number of hydrogen-bond donors (Lipinski definition) is 1. The molecule has 1 amide bonds. The molecule has 1 aliphatic carbocycles. The Morgan fingerprint density at radius 3 is 2.67 bits per heavy atom. The fraction of sp³-hybridized carbons (Fsp3) is 0.474. The van der Waals surface area contributed by atoms with Gasteiger partial charge in [0.25, 0.3) is 0 Å². The molecule has 7 nitrogen and oxygen atoms in total. The van der Waals surface area contributed by atoms with Crippen molar-refractivity contribution in [1.29, 1.82) is 0 Å². The van der Waals surface area contributed by atoms with Crippen LogP contribution in [0.2, 0.25) is 0 Å². The summed E-state index contributed by atoms with van der Waals surface area (Å²) in [5.74, 6) is 0.466. The maximum Gasteiger partial charge on any atom is 0.246 e. The number of benzene rings is 1. The van der Waals surface area contributed by atoms with Gasteiger partial charge in [0.2, 0.25) is 15.9 Å². The van der Waals surface area contributed by atoms with Crippen molar-refractivity contribution in [3.63, 3.8) is 0 Å². The molecule has 0 radical (unpaired) electrons. The van der Waals surface area contributed by atoms with E-state index in [0.29, 0.717) is 18.8 Å². The maximum absolute atomic E-state index is 12.9. The first-order valence-corrected chi connectivity index (χ1v) is 10.8. The number of rotatable bonds is 4. The van der Waals surface area contributed by atoms with Crippen LogP contribution in [0.3, 0.4) is 0 Å². The van der Waals surface area contributed by atoms with Gasteiger partial charge in [0, 0.05) is 19.7 Å². The van der Waals surface area contributed by atoms with Gasteiger partial charge in [-0.2, -0.15) is 9.82 Å². The van der Waals surface area contributed by atoms with E-state index < -0.39 is 16.1 Å². The molecule has 0 saturated carbocycles. The smallest absolute Gasteiger partial charge is 0.246 e. The summed E-state index contributed by atoms with van der Waals surface area (Å²) in [6, 6.07) is 6.37. The van der Waals surface area contributed by atoms with Gasteiger partial charge in [-0.25, -0.2) is 8.42 Å². The maximum atomic E-state index is 12.9. The predicted molar refractivity (Wildman–Crippen MR) is 102 cm³/mol. The number of carbonyl (C=O) groups is 1. The number of carbonyl (C=O) groups excluding carboxylic acids is 1. The van der Waals surface area contributed by atoms with Gasteiger partial charge in [0.1, 0.15) is 11.9 Å². The number of anilines is 1. The van der Waals surface area contributed by atoms with Crippen LogP contribution < -0.4 is 9.62 Å². The summed E-state index contributed by atoms with van der Waals surface area (Å²) < 4.78 is 30.0. The molecule has 0 spiro atoms. The van der Waals surface area contributed by atoms with Crippen molar-refractivity contribution in [1.82, 2.24) is 14.5 Å². The van der Waals surface area contributed by atoms with Crippen LogP contribution in [0, 0.1) is 6.92 Å². The molecule has 1 saturated heterocycles. The van der Waals surface area contributed by atoms with Crippen molar-refractivity contribution in [3.8, 4) is 0 Å². The van der Waals surface area contributed by atoms with E-state index in [1.165, 1.54) is 5.56 Å². The second kappa shape index (κ2) is 6.76. The Morgan fingerprint density at radius 2 is 1.93 bits per heavy atom. The average molecular weight is 388 g/mol. The van der Waals surface area contributed by atoms with Gasteiger partial charge in [-0.1, -0.05) is 6.07 Å². The lowest BCUT2D eigenvalue weighted by molar-refractivity contribution is -0.121. The summed E-state index contributed by atoms with van der Waals surface area (Å²) >= 11 is 0. The van der Waals surface area contributed by atoms with Gasteiger partial charge in [0.15, 0.2) is 0 Å². The molecule has 27 heavy (non-hydrogen) atoms. The van der Waals surface area contributed by atoms with Crippen LogP contribution in [0.5, 0.6) is 0 Å². The zero-order valence-electron chi connectivity index (χ0n) is 15.6. The van der Waals surface area contributed by atoms with E-state index in [1.54, 1.807) is 28.8 Å². The Morgan fingerprint density at radius 1 is 1.15 bits per heavy atom. The lowest BCUT2D eigenvalue weighted by atomic mass is 10.1. The van der Waals surface area contributed by atoms with Crippen molar-refractivity contribution < 1.29 is 13.2 Å². The third-order valence-corrected chi connectivity index (χ3v) is 6.84. The molecule has 1 atom stereocenters. The first-order valence-electron chi connectivity index (χ1n) is 9.31. The zero-order chi connectivity index (χ0) is 19.2. The number of sulfonamides is 1. The SMILES string of the molecule is Cc1cc(N2CCCC(NS(=O)(=O)c3ccc4c(c3)CCC4)C2=O)n(C)n1. The fourth-order valence-electron chi connectivity index (χ4n) is 4.03. The molecule has 2 heterocycles. The van der Waals surface area contributed by atoms with E-state index in [-0.39, 0.29) is 10.8 Å². The lowest BCUT2D eigenvalue weighted by Gasteiger charge is -2.32. The molecule has 1 N–H and O–H groups in total. The predicted octanol–water partition coefficient (Wildman–Crippen LogP) is 1.69. The summed E-state index contributed by atoms with van der Waals surface area (Å²) in [5.41, 5.74) is 3.14. The highest BCUT2D eigenvalue weighted by Gasteiger charge is 2.34. The van der Waals surface area contributed by atoms with Crippen LogP contribution in [-0.2, 0) is 34.7 Å². The monoisotopic (exact) mass is 388 g/mol. The minimum absolute atomic E-state index is 0.228. The van der Waals surface area contributed by atoms with Crippen LogP contribution in [0.4, 0.5) is 5.82 Å². The Balaban J connectivity index is 1.56. The first-order chi connectivity index (χ1) is 12.8. The largest absolute Gasteiger partial charge is 0.296 e. The van der Waals surface area contributed by atoms with Crippen molar-refractivity contribution >= 4 is 21.7 Å². The Hall–Kier alpha value is -2.19. The molecule has 2 aliphatic rings. The number of aromatic nitrogens is 2. The number of piperidine rings is 1. The first kappa shape index (κ1) is 18.2. The van der Waals surface area contributed by atoms with E-state index in [2.05, 4.69) is 9.82 Å². The second-order valence-corrected chi connectivity index (χ2v) is 9.07. The summed E-state index contributed by atoms with van der Waals surface area (Å²) in [5, 5.41) is 4.29. The molecule has 1 aromatic heterocycles. The molecule has 0 bridgehead atoms. The van der Waals surface area contributed by atoms with Crippen LogP contribution >= 0.6 is 0 Å². The van der Waals surface area contributed by atoms with Crippen LogP contribution in [0.1, 0.15) is 36.1 Å². The third kappa shape index (κ3) is 3.39. The van der Waals surface area contributed by atoms with Gasteiger partial charge in [-0.3, -0.25) is 14.4 Å². The van der Waals surface area contributed by atoms with Crippen LogP contribution in [0.25, 0.3) is 0 Å². The highest BCUT2D eigenvalue weighted by atomic mass is 32.2. The number of aryl methyl sites for hydroxylation is 4. The summed E-state index contributed by atoms with van der Waals surface area (Å²) in [4.78, 5) is 14.8. The lowest BCUT2D eigenvalue weighted by Crippen LogP contribution is -2.52. The number of fused-ring (bicyclic) bond motifs is 1. The molecule has 1 unspecified atom stereocenters. The van der Waals surface area contributed by atoms with Crippen LogP contribution in [-0.4, -0.2) is 36.7 Å². The average Bonchev–Trinajstić information content (AvgIpc) is 3.21. The number of hydrogen-bond acceptors (Lipinski definition) is 4. The van der Waals surface area contributed by atoms with Crippen LogP contribution in [0.15, 0.2) is 29.2 Å². The van der Waals surface area contributed by atoms with Gasteiger partial charge in [0.05, 0.1) is 10.6 Å². The molecule has 1 fully saturated rings. The molecule has 4 rings (SSSR count). The molecule has 2 aromatic rings. The quantitative estimate of drug-likeness (QED) is 0.864. The van der Waals surface area contributed by atoms with E-state index in [4.69, 9.17) is 0 Å². The highest BCUT2D eigenvalue weighted by Crippen LogP contribution is 2.26. The summed E-state index contributed by atoms with van der Waals surface area (Å²) in [7, 11) is -1.96. The minimum Gasteiger partial charge on any atom is -0.296 e. The third-order valence-electron chi connectivity index (χ3n) is 5.37. The van der Waals surface area contributed by atoms with E-state index >= 15 is 0 Å². The van der Waals surface area contributed by atoms with E-state index in [0.717, 1.165) is 36.9 Å². The Bertz CT molecular complexity index is 996. The number of nitrogens with zero attached hydrogens (tertiary/aromatic N) is 3. The Kier molecular flexibility index (Phi) is 4.55. The summed E-state index contributed by atoms with van der Waals surface area (Å²) in [6.07, 6.45) is 4.20. The molecule has 8 heteroatoms. The molecule has 1 aliphatic heterocycles. The van der Waals surface area contributed by atoms with Crippen molar-refractivity contribution in [2.24, 2.45) is 7.05 Å². The number of amides is 1. The van der Waals surface area contributed by atoms with Crippen molar-refractivity contribution in [2.45, 2.75) is 50.0 Å². The molecule has 1 aromatic carbocycles. The van der Waals surface area contributed by atoms with Crippen molar-refractivity contribution in [2.75, 3.05) is 11.4 Å². The second-order valence-electron chi connectivity index (χ2n) is 7.36. The van der Waals surface area contributed by atoms with Gasteiger partial charge >= 0.3 is 0 Å². The molecular formula is C19H24N4O3S. The molecular weight excluding hydrogens is 364 g/mol. The number of nitrogens with one attached hydrogen (secondary N) is 1. The summed E-state index contributed by atoms with van der Waals surface area (Å²) in [6.45, 7) is 2.43. The van der Waals surface area contributed by atoms with Gasteiger partial charge < -0.3 is 0 Å². The topological polar surface area (TPSA) is 84.3 Å². The van der Waals surface area contributed by atoms with Gasteiger partial charge in [-0.05, 0) is 62.3 Å². The highest BCUT2D eigenvalue weighted by molar-refractivity contribution is 7.89.